The van der Waals surface area contributed by atoms with E-state index in [1.54, 1.807) is 12.1 Å². The van der Waals surface area contributed by atoms with Crippen LogP contribution in [0.4, 0.5) is 0 Å². The number of ether oxygens (including phenoxy) is 2. The fourth-order valence-electron chi connectivity index (χ4n) is 4.37. The summed E-state index contributed by atoms with van der Waals surface area (Å²) in [4.78, 5) is 27.9. The molecular formula is C27H24BrNO4. The van der Waals surface area contributed by atoms with Gasteiger partial charge < -0.3 is 14.4 Å². The summed E-state index contributed by atoms with van der Waals surface area (Å²) in [5.41, 5.74) is 2.88. The molecule has 1 amide bonds. The Balaban J connectivity index is 1.22. The van der Waals surface area contributed by atoms with Gasteiger partial charge >= 0.3 is 0 Å². The summed E-state index contributed by atoms with van der Waals surface area (Å²) in [6.07, 6.45) is 1.97. The molecule has 0 radical (unpaired) electrons. The summed E-state index contributed by atoms with van der Waals surface area (Å²) < 4.78 is 12.9. The molecule has 2 aliphatic rings. The molecule has 0 unspecified atom stereocenters. The molecule has 5 rings (SSSR count). The first-order valence-corrected chi connectivity index (χ1v) is 11.9. The molecule has 0 bridgehead atoms. The molecule has 0 spiro atoms. The van der Waals surface area contributed by atoms with Crippen molar-refractivity contribution in [2.45, 2.75) is 32.0 Å². The lowest BCUT2D eigenvalue weighted by molar-refractivity contribution is -0.132. The van der Waals surface area contributed by atoms with Gasteiger partial charge in [0.2, 0.25) is 5.91 Å². The fraction of sp³-hybridized carbons (Fsp3) is 0.259. The number of carbonyl (C=O) groups excluding carboxylic acids is 2. The van der Waals surface area contributed by atoms with E-state index in [2.05, 4.69) is 15.9 Å². The highest BCUT2D eigenvalue weighted by atomic mass is 79.9. The van der Waals surface area contributed by atoms with E-state index in [9.17, 15) is 9.59 Å². The van der Waals surface area contributed by atoms with Gasteiger partial charge in [0.15, 0.2) is 5.78 Å². The second-order valence-electron chi connectivity index (χ2n) is 8.43. The molecule has 0 saturated carbocycles. The van der Waals surface area contributed by atoms with Crippen LogP contribution in [0, 0.1) is 0 Å². The average molecular weight is 506 g/mol. The minimum atomic E-state index is -0.0571. The van der Waals surface area contributed by atoms with Gasteiger partial charge in [-0.2, -0.15) is 0 Å². The van der Waals surface area contributed by atoms with E-state index in [1.807, 2.05) is 59.5 Å². The Labute approximate surface area is 201 Å². The maximum Gasteiger partial charge on any atom is 0.226 e. The normalized spacial score (nSPS) is 15.8. The number of hydrogen-bond donors (Lipinski definition) is 0. The van der Waals surface area contributed by atoms with Gasteiger partial charge in [-0.15, -0.1) is 0 Å². The van der Waals surface area contributed by atoms with Gasteiger partial charge in [0, 0.05) is 41.5 Å². The van der Waals surface area contributed by atoms with Gasteiger partial charge in [0.1, 0.15) is 24.2 Å². The van der Waals surface area contributed by atoms with Crippen LogP contribution in [0.1, 0.15) is 39.9 Å². The van der Waals surface area contributed by atoms with Gasteiger partial charge in [-0.1, -0.05) is 46.3 Å². The molecule has 0 N–H and O–H groups in total. The molecule has 3 aromatic carbocycles. The van der Waals surface area contributed by atoms with Crippen molar-refractivity contribution in [2.24, 2.45) is 0 Å². The number of likely N-dealkylation sites (tertiary alicyclic amines) is 1. The molecule has 0 atom stereocenters. The monoisotopic (exact) mass is 505 g/mol. The van der Waals surface area contributed by atoms with Crippen LogP contribution in [0.15, 0.2) is 71.2 Å². The third-order valence-corrected chi connectivity index (χ3v) is 6.73. The smallest absolute Gasteiger partial charge is 0.226 e. The largest absolute Gasteiger partial charge is 0.490 e. The summed E-state index contributed by atoms with van der Waals surface area (Å²) in [6.45, 7) is 1.70. The zero-order valence-electron chi connectivity index (χ0n) is 18.1. The highest BCUT2D eigenvalue weighted by molar-refractivity contribution is 9.10. The number of hydrogen-bond acceptors (Lipinski definition) is 4. The predicted molar refractivity (Wildman–Crippen MR) is 129 cm³/mol. The molecule has 33 heavy (non-hydrogen) atoms. The summed E-state index contributed by atoms with van der Waals surface area (Å²) in [7, 11) is 0. The number of fused-ring (bicyclic) bond motifs is 2. The van der Waals surface area contributed by atoms with Gasteiger partial charge in [-0.05, 0) is 42.0 Å². The van der Waals surface area contributed by atoms with Crippen LogP contribution >= 0.6 is 15.9 Å². The van der Waals surface area contributed by atoms with Crippen molar-refractivity contribution >= 4 is 27.6 Å². The lowest BCUT2D eigenvalue weighted by Crippen LogP contribution is -2.42. The van der Waals surface area contributed by atoms with Crippen LogP contribution < -0.4 is 9.47 Å². The number of benzene rings is 3. The average Bonchev–Trinajstić information content (AvgIpc) is 2.98. The third kappa shape index (κ3) is 4.81. The van der Waals surface area contributed by atoms with E-state index in [0.29, 0.717) is 36.6 Å². The van der Waals surface area contributed by atoms with Gasteiger partial charge in [0.05, 0.1) is 12.0 Å². The van der Waals surface area contributed by atoms with E-state index < -0.39 is 0 Å². The second-order valence-corrected chi connectivity index (χ2v) is 9.35. The molecule has 2 heterocycles. The Hall–Kier alpha value is -3.12. The zero-order chi connectivity index (χ0) is 22.8. The van der Waals surface area contributed by atoms with Crippen LogP contribution in [0.2, 0.25) is 0 Å². The van der Waals surface area contributed by atoms with E-state index in [1.165, 1.54) is 0 Å². The zero-order valence-corrected chi connectivity index (χ0v) is 19.7. The SMILES string of the molecule is O=C1c2ccccc2COc2ccc(CC(=O)N3CCC(Oc4ccc(Br)cc4)CC3)cc21. The first-order valence-electron chi connectivity index (χ1n) is 11.1. The molecule has 0 aliphatic carbocycles. The van der Waals surface area contributed by atoms with Gasteiger partial charge in [0.25, 0.3) is 0 Å². The van der Waals surface area contributed by atoms with Crippen molar-refractivity contribution in [3.63, 3.8) is 0 Å². The van der Waals surface area contributed by atoms with Crippen molar-refractivity contribution in [1.29, 1.82) is 0 Å². The Morgan fingerprint density at radius 1 is 1.00 bits per heavy atom. The number of piperidine rings is 1. The summed E-state index contributed by atoms with van der Waals surface area (Å²) in [5.74, 6) is 1.43. The van der Waals surface area contributed by atoms with Gasteiger partial charge in [-0.3, -0.25) is 9.59 Å². The Morgan fingerprint density at radius 3 is 2.55 bits per heavy atom. The van der Waals surface area contributed by atoms with Crippen LogP contribution in [-0.4, -0.2) is 35.8 Å². The van der Waals surface area contributed by atoms with Crippen molar-refractivity contribution in [3.05, 3.63) is 93.5 Å². The first kappa shape index (κ1) is 21.7. The second kappa shape index (κ2) is 9.40. The molecule has 168 valence electrons. The molecule has 1 saturated heterocycles. The predicted octanol–water partition coefficient (Wildman–Crippen LogP) is 5.19. The fourth-order valence-corrected chi connectivity index (χ4v) is 4.64. The Kier molecular flexibility index (Phi) is 6.18. The highest BCUT2D eigenvalue weighted by Crippen LogP contribution is 2.30. The van der Waals surface area contributed by atoms with E-state index in [0.717, 1.165) is 34.2 Å². The highest BCUT2D eigenvalue weighted by Gasteiger charge is 2.26. The molecule has 2 aliphatic heterocycles. The number of nitrogens with zero attached hydrogens (tertiary/aromatic N) is 1. The van der Waals surface area contributed by atoms with Crippen molar-refractivity contribution in [1.82, 2.24) is 4.90 Å². The molecule has 3 aromatic rings. The van der Waals surface area contributed by atoms with E-state index in [4.69, 9.17) is 9.47 Å². The Bertz CT molecular complexity index is 1180. The molecule has 6 heteroatoms. The topological polar surface area (TPSA) is 55.8 Å². The molecular weight excluding hydrogens is 482 g/mol. The molecule has 0 aromatic heterocycles. The number of halogens is 1. The standard InChI is InChI=1S/C27H24BrNO4/c28-20-6-8-21(9-7-20)33-22-11-13-29(14-12-22)26(30)16-18-5-10-25-24(15-18)27(31)23-4-2-1-3-19(23)17-32-25/h1-10,15,22H,11-14,16-17H2. The minimum Gasteiger partial charge on any atom is -0.490 e. The third-order valence-electron chi connectivity index (χ3n) is 6.20. The maximum atomic E-state index is 13.1. The van der Waals surface area contributed by atoms with Crippen LogP contribution in [0.3, 0.4) is 0 Å². The summed E-state index contributed by atoms with van der Waals surface area (Å²) in [6, 6.07) is 20.8. The van der Waals surface area contributed by atoms with E-state index in [-0.39, 0.29) is 24.2 Å². The number of carbonyl (C=O) groups is 2. The summed E-state index contributed by atoms with van der Waals surface area (Å²) in [5, 5.41) is 0. The first-order chi connectivity index (χ1) is 16.1. The molecule has 5 nitrogen and oxygen atoms in total. The van der Waals surface area contributed by atoms with Crippen molar-refractivity contribution < 1.29 is 19.1 Å². The number of rotatable bonds is 4. The quantitative estimate of drug-likeness (QED) is 0.489. The summed E-state index contributed by atoms with van der Waals surface area (Å²) >= 11 is 3.43. The maximum absolute atomic E-state index is 13.1. The van der Waals surface area contributed by atoms with Crippen LogP contribution in [-0.2, 0) is 17.8 Å². The number of ketones is 1. The van der Waals surface area contributed by atoms with Crippen molar-refractivity contribution in [2.75, 3.05) is 13.1 Å². The molecule has 1 fully saturated rings. The van der Waals surface area contributed by atoms with Crippen molar-refractivity contribution in [3.8, 4) is 11.5 Å². The minimum absolute atomic E-state index is 0.0571. The lowest BCUT2D eigenvalue weighted by Gasteiger charge is -2.32. The van der Waals surface area contributed by atoms with Gasteiger partial charge in [-0.25, -0.2) is 0 Å². The number of amides is 1. The van der Waals surface area contributed by atoms with E-state index >= 15 is 0 Å². The Morgan fingerprint density at radius 2 is 1.76 bits per heavy atom. The van der Waals surface area contributed by atoms with Crippen LogP contribution in [0.5, 0.6) is 11.5 Å². The lowest BCUT2D eigenvalue weighted by atomic mass is 9.97. The van der Waals surface area contributed by atoms with Crippen LogP contribution in [0.25, 0.3) is 0 Å².